The van der Waals surface area contributed by atoms with Gasteiger partial charge in [0.15, 0.2) is 0 Å². The molecule has 0 spiro atoms. The van der Waals surface area contributed by atoms with Crippen LogP contribution in [0.3, 0.4) is 0 Å². The molecule has 19 heavy (non-hydrogen) atoms. The Hall–Kier alpha value is -2.42. The second kappa shape index (κ2) is 5.96. The molecule has 2 N–H and O–H groups in total. The van der Waals surface area contributed by atoms with E-state index in [1.807, 2.05) is 54.6 Å². The minimum atomic E-state index is 0.760. The molecule has 2 rings (SSSR count). The Balaban J connectivity index is 2.28. The standard InChI is InChI=1S/C16H17NO2/c1-18-15-9-10-16(19-2)13(11-15)6-3-12-4-7-14(17)8-5-12/h3-11H,17H2,1-2H3/b6-3+. The highest BCUT2D eigenvalue weighted by Crippen LogP contribution is 2.25. The van der Waals surface area contributed by atoms with E-state index in [0.717, 1.165) is 28.3 Å². The molecule has 0 unspecified atom stereocenters. The van der Waals surface area contributed by atoms with Gasteiger partial charge in [-0.15, -0.1) is 0 Å². The molecule has 0 aliphatic rings. The molecule has 0 saturated heterocycles. The molecule has 2 aromatic carbocycles. The van der Waals surface area contributed by atoms with E-state index in [0.29, 0.717) is 0 Å². The predicted molar refractivity (Wildman–Crippen MR) is 79.3 cm³/mol. The highest BCUT2D eigenvalue weighted by molar-refractivity contribution is 5.73. The van der Waals surface area contributed by atoms with Gasteiger partial charge in [-0.1, -0.05) is 24.3 Å². The number of ether oxygens (including phenoxy) is 2. The molecule has 0 amide bonds. The van der Waals surface area contributed by atoms with E-state index in [2.05, 4.69) is 0 Å². The van der Waals surface area contributed by atoms with Crippen LogP contribution in [-0.4, -0.2) is 14.2 Å². The maximum Gasteiger partial charge on any atom is 0.126 e. The Morgan fingerprint density at radius 2 is 1.63 bits per heavy atom. The van der Waals surface area contributed by atoms with E-state index in [1.54, 1.807) is 14.2 Å². The molecule has 98 valence electrons. The number of methoxy groups -OCH3 is 2. The summed E-state index contributed by atoms with van der Waals surface area (Å²) in [6.07, 6.45) is 4.00. The Labute approximate surface area is 113 Å². The largest absolute Gasteiger partial charge is 0.497 e. The Morgan fingerprint density at radius 3 is 2.26 bits per heavy atom. The minimum Gasteiger partial charge on any atom is -0.497 e. The summed E-state index contributed by atoms with van der Waals surface area (Å²) >= 11 is 0. The van der Waals surface area contributed by atoms with Crippen LogP contribution in [0, 0.1) is 0 Å². The first kappa shape index (κ1) is 13.0. The van der Waals surface area contributed by atoms with Crippen LogP contribution in [0.2, 0.25) is 0 Å². The van der Waals surface area contributed by atoms with Gasteiger partial charge >= 0.3 is 0 Å². The van der Waals surface area contributed by atoms with E-state index in [9.17, 15) is 0 Å². The van der Waals surface area contributed by atoms with Gasteiger partial charge in [0.25, 0.3) is 0 Å². The smallest absolute Gasteiger partial charge is 0.126 e. The van der Waals surface area contributed by atoms with Crippen molar-refractivity contribution in [2.45, 2.75) is 0 Å². The number of nitrogen functional groups attached to an aromatic ring is 1. The summed E-state index contributed by atoms with van der Waals surface area (Å²) in [6, 6.07) is 13.4. The van der Waals surface area contributed by atoms with E-state index < -0.39 is 0 Å². The molecule has 0 fully saturated rings. The molecule has 0 heterocycles. The van der Waals surface area contributed by atoms with Gasteiger partial charge in [0, 0.05) is 11.3 Å². The summed E-state index contributed by atoms with van der Waals surface area (Å²) in [7, 11) is 3.30. The number of anilines is 1. The number of benzene rings is 2. The van der Waals surface area contributed by atoms with Gasteiger partial charge < -0.3 is 15.2 Å². The first-order chi connectivity index (χ1) is 9.22. The van der Waals surface area contributed by atoms with Crippen molar-refractivity contribution in [1.82, 2.24) is 0 Å². The van der Waals surface area contributed by atoms with E-state index in [4.69, 9.17) is 15.2 Å². The van der Waals surface area contributed by atoms with E-state index in [-0.39, 0.29) is 0 Å². The first-order valence-corrected chi connectivity index (χ1v) is 5.98. The zero-order valence-electron chi connectivity index (χ0n) is 11.1. The SMILES string of the molecule is COc1ccc(OC)c(/C=C/c2ccc(N)cc2)c1. The third kappa shape index (κ3) is 3.28. The first-order valence-electron chi connectivity index (χ1n) is 5.98. The fourth-order valence-corrected chi connectivity index (χ4v) is 1.76. The van der Waals surface area contributed by atoms with Crippen LogP contribution in [0.1, 0.15) is 11.1 Å². The molecular formula is C16H17NO2. The van der Waals surface area contributed by atoms with Gasteiger partial charge in [-0.2, -0.15) is 0 Å². The molecule has 0 aliphatic heterocycles. The van der Waals surface area contributed by atoms with Crippen LogP contribution >= 0.6 is 0 Å². The summed E-state index contributed by atoms with van der Waals surface area (Å²) in [5.41, 5.74) is 8.47. The third-order valence-corrected chi connectivity index (χ3v) is 2.83. The summed E-state index contributed by atoms with van der Waals surface area (Å²) in [5.74, 6) is 1.62. The van der Waals surface area contributed by atoms with Gasteiger partial charge in [0.2, 0.25) is 0 Å². The number of hydrogen-bond acceptors (Lipinski definition) is 3. The molecule has 3 heteroatoms. The summed E-state index contributed by atoms with van der Waals surface area (Å²) < 4.78 is 10.5. The molecule has 2 aromatic rings. The molecule has 0 radical (unpaired) electrons. The lowest BCUT2D eigenvalue weighted by atomic mass is 10.1. The number of hydrogen-bond donors (Lipinski definition) is 1. The minimum absolute atomic E-state index is 0.760. The lowest BCUT2D eigenvalue weighted by Gasteiger charge is -2.07. The third-order valence-electron chi connectivity index (χ3n) is 2.83. The zero-order chi connectivity index (χ0) is 13.7. The molecule has 0 saturated carbocycles. The average Bonchev–Trinajstić information content (AvgIpc) is 2.46. The molecule has 0 aliphatic carbocycles. The highest BCUT2D eigenvalue weighted by atomic mass is 16.5. The van der Waals surface area contributed by atoms with Gasteiger partial charge in [-0.05, 0) is 35.9 Å². The lowest BCUT2D eigenvalue weighted by molar-refractivity contribution is 0.402. The summed E-state index contributed by atoms with van der Waals surface area (Å²) in [5, 5.41) is 0. The Kier molecular flexibility index (Phi) is 4.08. The highest BCUT2D eigenvalue weighted by Gasteiger charge is 2.01. The van der Waals surface area contributed by atoms with Crippen molar-refractivity contribution in [2.75, 3.05) is 20.0 Å². The Bertz CT molecular complexity index is 574. The van der Waals surface area contributed by atoms with Crippen molar-refractivity contribution >= 4 is 17.8 Å². The number of nitrogens with two attached hydrogens (primary N) is 1. The summed E-state index contributed by atoms with van der Waals surface area (Å²) in [6.45, 7) is 0. The zero-order valence-corrected chi connectivity index (χ0v) is 11.1. The fourth-order valence-electron chi connectivity index (χ4n) is 1.76. The maximum absolute atomic E-state index is 5.66. The fraction of sp³-hybridized carbons (Fsp3) is 0.125. The van der Waals surface area contributed by atoms with Gasteiger partial charge in [0.1, 0.15) is 11.5 Å². The predicted octanol–water partition coefficient (Wildman–Crippen LogP) is 3.46. The second-order valence-electron chi connectivity index (χ2n) is 4.11. The topological polar surface area (TPSA) is 44.5 Å². The lowest BCUT2D eigenvalue weighted by Crippen LogP contribution is -1.89. The van der Waals surface area contributed by atoms with Crippen molar-refractivity contribution in [1.29, 1.82) is 0 Å². The van der Waals surface area contributed by atoms with Gasteiger partial charge in [-0.3, -0.25) is 0 Å². The van der Waals surface area contributed by atoms with Gasteiger partial charge in [-0.25, -0.2) is 0 Å². The van der Waals surface area contributed by atoms with Crippen LogP contribution in [0.5, 0.6) is 11.5 Å². The van der Waals surface area contributed by atoms with Crippen molar-refractivity contribution in [3.63, 3.8) is 0 Å². The van der Waals surface area contributed by atoms with Crippen LogP contribution in [-0.2, 0) is 0 Å². The van der Waals surface area contributed by atoms with E-state index >= 15 is 0 Å². The number of rotatable bonds is 4. The normalized spacial score (nSPS) is 10.6. The van der Waals surface area contributed by atoms with Crippen LogP contribution < -0.4 is 15.2 Å². The average molecular weight is 255 g/mol. The van der Waals surface area contributed by atoms with Crippen molar-refractivity contribution in [3.05, 3.63) is 53.6 Å². The quantitative estimate of drug-likeness (QED) is 0.672. The Morgan fingerprint density at radius 1 is 0.895 bits per heavy atom. The molecular weight excluding hydrogens is 238 g/mol. The van der Waals surface area contributed by atoms with Crippen LogP contribution in [0.25, 0.3) is 12.2 Å². The van der Waals surface area contributed by atoms with Crippen LogP contribution in [0.4, 0.5) is 5.69 Å². The van der Waals surface area contributed by atoms with E-state index in [1.165, 1.54) is 0 Å². The van der Waals surface area contributed by atoms with Gasteiger partial charge in [0.05, 0.1) is 14.2 Å². The molecule has 0 aromatic heterocycles. The van der Waals surface area contributed by atoms with Crippen LogP contribution in [0.15, 0.2) is 42.5 Å². The molecule has 0 atom stereocenters. The monoisotopic (exact) mass is 255 g/mol. The second-order valence-corrected chi connectivity index (χ2v) is 4.11. The molecule has 0 bridgehead atoms. The summed E-state index contributed by atoms with van der Waals surface area (Å²) in [4.78, 5) is 0. The molecule has 3 nitrogen and oxygen atoms in total. The maximum atomic E-state index is 5.66. The van der Waals surface area contributed by atoms with Crippen molar-refractivity contribution in [2.24, 2.45) is 0 Å². The van der Waals surface area contributed by atoms with Crippen molar-refractivity contribution in [3.8, 4) is 11.5 Å². The van der Waals surface area contributed by atoms with Crippen molar-refractivity contribution < 1.29 is 9.47 Å².